The van der Waals surface area contributed by atoms with E-state index in [-0.39, 0.29) is 5.78 Å². The number of ketones is 1. The van der Waals surface area contributed by atoms with E-state index in [1.807, 2.05) is 30.3 Å². The van der Waals surface area contributed by atoms with E-state index in [1.54, 1.807) is 0 Å². The summed E-state index contributed by atoms with van der Waals surface area (Å²) < 4.78 is 1.13. The zero-order valence-corrected chi connectivity index (χ0v) is 19.1. The van der Waals surface area contributed by atoms with Crippen LogP contribution in [0.25, 0.3) is 33.6 Å². The smallest absolute Gasteiger partial charge is 0.163 e. The highest BCUT2D eigenvalue weighted by molar-refractivity contribution is 14.1. The Morgan fingerprint density at radius 2 is 1.40 bits per heavy atom. The van der Waals surface area contributed by atoms with Gasteiger partial charge in [0.05, 0.1) is 11.4 Å². The maximum atomic E-state index is 12.9. The first-order valence-electron chi connectivity index (χ1n) is 10.4. The van der Waals surface area contributed by atoms with Gasteiger partial charge in [0.2, 0.25) is 0 Å². The second kappa shape index (κ2) is 9.43. The molecule has 1 aromatic heterocycles. The maximum Gasteiger partial charge on any atom is 0.163 e. The summed E-state index contributed by atoms with van der Waals surface area (Å²) in [6, 6.07) is 28.8. The van der Waals surface area contributed by atoms with Crippen LogP contribution in [0.4, 0.5) is 0 Å². The summed E-state index contributed by atoms with van der Waals surface area (Å²) in [6.07, 6.45) is 2.52. The summed E-state index contributed by atoms with van der Waals surface area (Å²) in [5.74, 6) is 0.209. The molecule has 0 bridgehead atoms. The Hall–Kier alpha value is -2.66. The Morgan fingerprint density at radius 3 is 2.07 bits per heavy atom. The fourth-order valence-corrected chi connectivity index (χ4v) is 4.78. The molecule has 0 saturated heterocycles. The van der Waals surface area contributed by atoms with E-state index < -0.39 is 0 Å². The molecule has 0 unspecified atom stereocenters. The third-order valence-electron chi connectivity index (χ3n) is 5.32. The molecule has 3 aromatic carbocycles. The van der Waals surface area contributed by atoms with Crippen LogP contribution in [-0.4, -0.2) is 10.8 Å². The van der Waals surface area contributed by atoms with Crippen molar-refractivity contribution in [2.24, 2.45) is 0 Å². The standard InChI is InChI=1S/C27H24INO/c1-2-3-18-23(30)21-16-10-11-17-22(21)27-25(28)24(19-12-6-4-7-13-19)26(29-27)20-14-8-5-9-15-20/h4-17,29H,2-3,18H2,1H3. The monoisotopic (exact) mass is 505 g/mol. The van der Waals surface area contributed by atoms with Crippen LogP contribution in [0.1, 0.15) is 36.5 Å². The van der Waals surface area contributed by atoms with Gasteiger partial charge in [0, 0.05) is 26.7 Å². The number of benzene rings is 3. The number of rotatable bonds is 7. The van der Waals surface area contributed by atoms with Crippen LogP contribution in [0.3, 0.4) is 0 Å². The molecule has 0 fully saturated rings. The number of hydrogen-bond acceptors (Lipinski definition) is 1. The Kier molecular flexibility index (Phi) is 6.48. The summed E-state index contributed by atoms with van der Waals surface area (Å²) in [7, 11) is 0. The molecule has 0 saturated carbocycles. The van der Waals surface area contributed by atoms with Gasteiger partial charge in [-0.2, -0.15) is 0 Å². The fraction of sp³-hybridized carbons (Fsp3) is 0.148. The zero-order valence-electron chi connectivity index (χ0n) is 17.0. The van der Waals surface area contributed by atoms with Crippen LogP contribution in [-0.2, 0) is 0 Å². The highest BCUT2D eigenvalue weighted by Gasteiger charge is 2.22. The zero-order chi connectivity index (χ0) is 20.9. The van der Waals surface area contributed by atoms with Crippen molar-refractivity contribution in [1.82, 2.24) is 4.98 Å². The number of carbonyl (C=O) groups is 1. The minimum atomic E-state index is 0.209. The van der Waals surface area contributed by atoms with Crippen molar-refractivity contribution in [3.8, 4) is 33.6 Å². The molecule has 0 atom stereocenters. The predicted octanol–water partition coefficient (Wildman–Crippen LogP) is 7.99. The summed E-state index contributed by atoms with van der Waals surface area (Å²) >= 11 is 2.42. The second-order valence-corrected chi connectivity index (χ2v) is 8.45. The van der Waals surface area contributed by atoms with Gasteiger partial charge < -0.3 is 4.98 Å². The van der Waals surface area contributed by atoms with Gasteiger partial charge in [-0.25, -0.2) is 0 Å². The summed E-state index contributed by atoms with van der Waals surface area (Å²) in [4.78, 5) is 16.6. The fourth-order valence-electron chi connectivity index (χ4n) is 3.78. The number of aromatic amines is 1. The lowest BCUT2D eigenvalue weighted by Crippen LogP contribution is -2.02. The van der Waals surface area contributed by atoms with Crippen molar-refractivity contribution >= 4 is 28.4 Å². The van der Waals surface area contributed by atoms with Gasteiger partial charge in [0.25, 0.3) is 0 Å². The third kappa shape index (κ3) is 4.12. The van der Waals surface area contributed by atoms with Crippen LogP contribution in [0.15, 0.2) is 84.9 Å². The largest absolute Gasteiger partial charge is 0.353 e. The van der Waals surface area contributed by atoms with Gasteiger partial charge in [0.15, 0.2) is 5.78 Å². The Labute approximate surface area is 191 Å². The van der Waals surface area contributed by atoms with E-state index in [2.05, 4.69) is 89.1 Å². The van der Waals surface area contributed by atoms with Crippen LogP contribution < -0.4 is 0 Å². The molecular formula is C27H24INO. The molecule has 0 aliphatic rings. The Balaban J connectivity index is 1.92. The van der Waals surface area contributed by atoms with Crippen molar-refractivity contribution in [3.05, 3.63) is 94.1 Å². The highest BCUT2D eigenvalue weighted by atomic mass is 127. The average molecular weight is 505 g/mol. The summed E-state index contributed by atoms with van der Waals surface area (Å²) in [5, 5.41) is 0. The average Bonchev–Trinajstić information content (AvgIpc) is 3.15. The Bertz CT molecular complexity index is 1150. The lowest BCUT2D eigenvalue weighted by Gasteiger charge is -2.08. The maximum absolute atomic E-state index is 12.9. The first-order chi connectivity index (χ1) is 14.7. The van der Waals surface area contributed by atoms with Crippen LogP contribution in [0, 0.1) is 3.57 Å². The van der Waals surface area contributed by atoms with E-state index in [0.717, 1.165) is 50.1 Å². The van der Waals surface area contributed by atoms with Crippen molar-refractivity contribution in [2.45, 2.75) is 26.2 Å². The lowest BCUT2D eigenvalue weighted by molar-refractivity contribution is 0.0980. The topological polar surface area (TPSA) is 32.9 Å². The quantitative estimate of drug-likeness (QED) is 0.200. The van der Waals surface area contributed by atoms with Gasteiger partial charge in [-0.15, -0.1) is 0 Å². The number of carbonyl (C=O) groups excluding carboxylic acids is 1. The van der Waals surface area contributed by atoms with Crippen molar-refractivity contribution in [3.63, 3.8) is 0 Å². The first kappa shape index (κ1) is 20.6. The van der Waals surface area contributed by atoms with Crippen molar-refractivity contribution < 1.29 is 4.79 Å². The Morgan fingerprint density at radius 1 is 0.800 bits per heavy atom. The molecule has 0 amide bonds. The number of unbranched alkanes of at least 4 members (excludes halogenated alkanes) is 1. The molecule has 2 nitrogen and oxygen atoms in total. The van der Waals surface area contributed by atoms with Gasteiger partial charge >= 0.3 is 0 Å². The minimum absolute atomic E-state index is 0.209. The van der Waals surface area contributed by atoms with Crippen molar-refractivity contribution in [2.75, 3.05) is 0 Å². The predicted molar refractivity (Wildman–Crippen MR) is 134 cm³/mol. The van der Waals surface area contributed by atoms with Crippen LogP contribution >= 0.6 is 22.6 Å². The molecule has 4 aromatic rings. The van der Waals surface area contributed by atoms with Gasteiger partial charge in [-0.05, 0) is 40.1 Å². The minimum Gasteiger partial charge on any atom is -0.353 e. The molecular weight excluding hydrogens is 481 g/mol. The normalized spacial score (nSPS) is 10.9. The van der Waals surface area contributed by atoms with Gasteiger partial charge in [0.1, 0.15) is 0 Å². The van der Waals surface area contributed by atoms with Crippen LogP contribution in [0.2, 0.25) is 0 Å². The molecule has 4 rings (SSSR count). The number of hydrogen-bond donors (Lipinski definition) is 1. The number of halogens is 1. The number of Topliss-reactive ketones (excluding diaryl/α,β-unsaturated/α-hetero) is 1. The summed E-state index contributed by atoms with van der Waals surface area (Å²) in [6.45, 7) is 2.12. The molecule has 0 aliphatic heterocycles. The van der Waals surface area contributed by atoms with E-state index in [4.69, 9.17) is 0 Å². The van der Waals surface area contributed by atoms with E-state index in [0.29, 0.717) is 6.42 Å². The van der Waals surface area contributed by atoms with Gasteiger partial charge in [-0.3, -0.25) is 4.79 Å². The second-order valence-electron chi connectivity index (χ2n) is 7.37. The van der Waals surface area contributed by atoms with Crippen molar-refractivity contribution in [1.29, 1.82) is 0 Å². The molecule has 150 valence electrons. The molecule has 0 aliphatic carbocycles. The van der Waals surface area contributed by atoms with Gasteiger partial charge in [-0.1, -0.05) is 98.3 Å². The highest BCUT2D eigenvalue weighted by Crippen LogP contribution is 2.42. The number of H-pyrrole nitrogens is 1. The van der Waals surface area contributed by atoms with E-state index >= 15 is 0 Å². The molecule has 3 heteroatoms. The number of aromatic nitrogens is 1. The molecule has 1 heterocycles. The number of nitrogens with one attached hydrogen (secondary N) is 1. The molecule has 30 heavy (non-hydrogen) atoms. The van der Waals surface area contributed by atoms with E-state index in [9.17, 15) is 4.79 Å². The van der Waals surface area contributed by atoms with E-state index in [1.165, 1.54) is 5.56 Å². The SMILES string of the molecule is CCCCC(=O)c1ccccc1-c1[nH]c(-c2ccccc2)c(-c2ccccc2)c1I. The molecule has 0 radical (unpaired) electrons. The first-order valence-corrected chi connectivity index (χ1v) is 11.4. The molecule has 0 spiro atoms. The lowest BCUT2D eigenvalue weighted by atomic mass is 9.97. The molecule has 1 N–H and O–H groups in total. The summed E-state index contributed by atoms with van der Waals surface area (Å²) in [5.41, 5.74) is 7.33. The van der Waals surface area contributed by atoms with Crippen LogP contribution in [0.5, 0.6) is 0 Å². The third-order valence-corrected chi connectivity index (χ3v) is 6.40.